The lowest BCUT2D eigenvalue weighted by Gasteiger charge is -2.28. The highest BCUT2D eigenvalue weighted by molar-refractivity contribution is 7.19. The molecular weight excluding hydrogens is 563 g/mol. The summed E-state index contributed by atoms with van der Waals surface area (Å²) in [6.07, 6.45) is 14.0. The maximum absolute atomic E-state index is 4.78. The van der Waals surface area contributed by atoms with Crippen LogP contribution < -0.4 is 10.4 Å². The van der Waals surface area contributed by atoms with Crippen molar-refractivity contribution in [3.63, 3.8) is 0 Å². The van der Waals surface area contributed by atoms with E-state index >= 15 is 0 Å². The molecule has 7 aromatic rings. The van der Waals surface area contributed by atoms with E-state index in [1.807, 2.05) is 11.3 Å². The molecule has 0 N–H and O–H groups in total. The number of aromatic nitrogens is 1. The van der Waals surface area contributed by atoms with Crippen LogP contribution in [0.1, 0.15) is 48.6 Å². The number of nitrogens with zero attached hydrogens (tertiary/aromatic N) is 1. The fraction of sp³-hybridized carbons (Fsp3) is 0.163. The van der Waals surface area contributed by atoms with Crippen molar-refractivity contribution in [2.45, 2.75) is 38.0 Å². The van der Waals surface area contributed by atoms with Gasteiger partial charge in [0.05, 0.1) is 11.0 Å². The largest absolute Gasteiger partial charge is 0.309 e. The van der Waals surface area contributed by atoms with E-state index in [0.29, 0.717) is 0 Å². The molecule has 216 valence electrons. The van der Waals surface area contributed by atoms with E-state index in [1.54, 1.807) is 4.88 Å². The lowest BCUT2D eigenvalue weighted by molar-refractivity contribution is 0.535. The van der Waals surface area contributed by atoms with Crippen molar-refractivity contribution in [1.29, 1.82) is 0 Å². The minimum absolute atomic E-state index is 0.0186. The lowest BCUT2D eigenvalue weighted by atomic mass is 9.76. The molecule has 2 heterocycles. The van der Waals surface area contributed by atoms with Crippen LogP contribution >= 0.6 is 11.3 Å². The van der Waals surface area contributed by atoms with Crippen molar-refractivity contribution in [3.05, 3.63) is 130 Å². The molecule has 2 aromatic heterocycles. The van der Waals surface area contributed by atoms with Crippen molar-refractivity contribution in [3.8, 4) is 16.8 Å². The second kappa shape index (κ2) is 8.96. The van der Waals surface area contributed by atoms with Gasteiger partial charge in [0.25, 0.3) is 0 Å². The Balaban J connectivity index is 1.39. The summed E-state index contributed by atoms with van der Waals surface area (Å²) in [7, 11) is 0. The van der Waals surface area contributed by atoms with Crippen molar-refractivity contribution in [1.82, 2.24) is 4.57 Å². The zero-order chi connectivity index (χ0) is 30.0. The zero-order valence-corrected chi connectivity index (χ0v) is 26.4. The van der Waals surface area contributed by atoms with E-state index in [2.05, 4.69) is 134 Å². The normalized spacial score (nSPS) is 20.9. The van der Waals surface area contributed by atoms with Crippen molar-refractivity contribution in [2.24, 2.45) is 5.92 Å². The molecule has 10 rings (SSSR count). The summed E-state index contributed by atoms with van der Waals surface area (Å²) >= 11 is 2.00. The van der Waals surface area contributed by atoms with Crippen LogP contribution in [0.3, 0.4) is 0 Å². The van der Waals surface area contributed by atoms with Gasteiger partial charge in [0.2, 0.25) is 0 Å². The number of rotatable bonds is 1. The van der Waals surface area contributed by atoms with Gasteiger partial charge in [-0.3, -0.25) is 0 Å². The molecule has 0 aliphatic heterocycles. The molecule has 2 atom stereocenters. The Morgan fingerprint density at radius 1 is 0.867 bits per heavy atom. The molecule has 2 unspecified atom stereocenters. The first kappa shape index (κ1) is 25.6. The summed E-state index contributed by atoms with van der Waals surface area (Å²) in [5, 5.41) is 8.75. The van der Waals surface area contributed by atoms with Crippen molar-refractivity contribution >= 4 is 72.7 Å². The number of thiophene rings is 1. The Bertz CT molecular complexity index is 2600. The van der Waals surface area contributed by atoms with Gasteiger partial charge >= 0.3 is 0 Å². The minimum Gasteiger partial charge on any atom is -0.309 e. The first-order valence-electron chi connectivity index (χ1n) is 16.2. The highest BCUT2D eigenvalue weighted by Gasteiger charge is 2.41. The maximum Gasteiger partial charge on any atom is 0.0553 e. The fourth-order valence-corrected chi connectivity index (χ4v) is 9.60. The molecule has 0 saturated heterocycles. The standard InChI is InChI=1S/C43H33NS/c1-25-26-10-8-9-19-43(2,3)36-14-7-6-13-32(36)40(25)41-35-20-27-11-4-5-12-28(27)23-37(35)44(38(41)22-26)30-16-18-39-34(24-30)31-17-15-29-21-33(29)42(31)45-39/h4-18,20,22-24,29,33H,1,19,21H2,2-3H3/b9-8-,26-10-. The Labute approximate surface area is 266 Å². The van der Waals surface area contributed by atoms with Crippen LogP contribution in [-0.4, -0.2) is 4.57 Å². The van der Waals surface area contributed by atoms with Crippen LogP contribution in [0.4, 0.5) is 0 Å². The van der Waals surface area contributed by atoms with Crippen molar-refractivity contribution < 1.29 is 0 Å². The molecule has 5 aromatic carbocycles. The Hall–Kier alpha value is -4.66. The third-order valence-corrected chi connectivity index (χ3v) is 12.0. The lowest BCUT2D eigenvalue weighted by Crippen LogP contribution is -2.27. The number of fused-ring (bicyclic) bond motifs is 14. The highest BCUT2D eigenvalue weighted by Crippen LogP contribution is 2.57. The zero-order valence-electron chi connectivity index (χ0n) is 25.6. The average Bonchev–Trinajstić information content (AvgIpc) is 3.67. The van der Waals surface area contributed by atoms with E-state index in [-0.39, 0.29) is 5.41 Å². The molecular formula is C43H33NS. The first-order valence-corrected chi connectivity index (χ1v) is 17.0. The van der Waals surface area contributed by atoms with Gasteiger partial charge in [0.1, 0.15) is 0 Å². The van der Waals surface area contributed by atoms with Gasteiger partial charge in [-0.1, -0.05) is 99.3 Å². The molecule has 45 heavy (non-hydrogen) atoms. The third-order valence-electron chi connectivity index (χ3n) is 10.7. The molecule has 3 aliphatic carbocycles. The molecule has 2 heteroatoms. The van der Waals surface area contributed by atoms with Crippen LogP contribution in [0.5, 0.6) is 0 Å². The van der Waals surface area contributed by atoms with E-state index in [1.165, 1.54) is 82.2 Å². The molecule has 3 aliphatic rings. The molecule has 0 spiro atoms. The summed E-state index contributed by atoms with van der Waals surface area (Å²) in [5.74, 6) is 1.49. The number of benzene rings is 5. The van der Waals surface area contributed by atoms with Gasteiger partial charge in [-0.2, -0.15) is 0 Å². The second-order valence-electron chi connectivity index (χ2n) is 13.9. The first-order chi connectivity index (χ1) is 22.0. The van der Waals surface area contributed by atoms with Gasteiger partial charge < -0.3 is 4.57 Å². The number of allylic oxidation sites excluding steroid dienone is 3. The average molecular weight is 596 g/mol. The van der Waals surface area contributed by atoms with Gasteiger partial charge in [0, 0.05) is 37.3 Å². The summed E-state index contributed by atoms with van der Waals surface area (Å²) in [4.78, 5) is 1.59. The molecule has 1 fully saturated rings. The SMILES string of the molecule is C=c1c2c3c4cc5ccccc5cc4n(-c4ccc5sc6c(c5c4)C=CC4CC64)c3c/c1=C/C=C\CC(C)(C)c1ccccc1-2. The van der Waals surface area contributed by atoms with Crippen LogP contribution in [0.2, 0.25) is 0 Å². The molecule has 1 nitrogen and oxygen atoms in total. The minimum atomic E-state index is -0.0186. The Morgan fingerprint density at radius 2 is 1.69 bits per heavy atom. The summed E-state index contributed by atoms with van der Waals surface area (Å²) < 4.78 is 3.92. The van der Waals surface area contributed by atoms with Gasteiger partial charge in [-0.05, 0) is 104 Å². The predicted octanol–water partition coefficient (Wildman–Crippen LogP) is 10.4. The fourth-order valence-electron chi connectivity index (χ4n) is 8.24. The van der Waals surface area contributed by atoms with E-state index in [4.69, 9.17) is 6.58 Å². The van der Waals surface area contributed by atoms with Gasteiger partial charge in [-0.25, -0.2) is 0 Å². The topological polar surface area (TPSA) is 4.93 Å². The molecule has 0 radical (unpaired) electrons. The highest BCUT2D eigenvalue weighted by atomic mass is 32.1. The van der Waals surface area contributed by atoms with E-state index in [0.717, 1.165) is 23.5 Å². The summed E-state index contributed by atoms with van der Waals surface area (Å²) in [6, 6.07) is 32.2. The second-order valence-corrected chi connectivity index (χ2v) is 15.0. The third kappa shape index (κ3) is 3.61. The quantitative estimate of drug-likeness (QED) is 0.178. The number of hydrogen-bond donors (Lipinski definition) is 0. The van der Waals surface area contributed by atoms with Crippen LogP contribution in [0.15, 0.2) is 103 Å². The summed E-state index contributed by atoms with van der Waals surface area (Å²) in [5.41, 5.74) is 9.04. The smallest absolute Gasteiger partial charge is 0.0553 e. The summed E-state index contributed by atoms with van der Waals surface area (Å²) in [6.45, 7) is 9.51. The van der Waals surface area contributed by atoms with Crippen LogP contribution in [0, 0.1) is 5.92 Å². The maximum atomic E-state index is 4.78. The molecule has 0 amide bonds. The van der Waals surface area contributed by atoms with Gasteiger partial charge in [-0.15, -0.1) is 11.3 Å². The number of hydrogen-bond acceptors (Lipinski definition) is 1. The predicted molar refractivity (Wildman–Crippen MR) is 195 cm³/mol. The van der Waals surface area contributed by atoms with Crippen molar-refractivity contribution in [2.75, 3.05) is 0 Å². The molecule has 2 bridgehead atoms. The molecule has 1 saturated carbocycles. The Morgan fingerprint density at radius 3 is 2.58 bits per heavy atom. The van der Waals surface area contributed by atoms with Gasteiger partial charge in [0.15, 0.2) is 0 Å². The van der Waals surface area contributed by atoms with Crippen LogP contribution in [-0.2, 0) is 5.41 Å². The van der Waals surface area contributed by atoms with E-state index < -0.39 is 0 Å². The van der Waals surface area contributed by atoms with Crippen LogP contribution in [0.25, 0.3) is 78.2 Å². The van der Waals surface area contributed by atoms with E-state index in [9.17, 15) is 0 Å². The Kier molecular flexibility index (Phi) is 5.11. The monoisotopic (exact) mass is 595 g/mol.